The van der Waals surface area contributed by atoms with E-state index in [9.17, 15) is 4.79 Å². The third-order valence-electron chi connectivity index (χ3n) is 1.30. The van der Waals surface area contributed by atoms with Gasteiger partial charge in [0.25, 0.3) is 0 Å². The third-order valence-corrected chi connectivity index (χ3v) is 1.30. The standard InChI is InChI=1S/C8H16N2O/c1-7(2)4-8(3)5-9-10-6-11/h5-8H,4H2,1-3H3,(H,10,11)/b9-5+. The van der Waals surface area contributed by atoms with Crippen molar-refractivity contribution in [1.82, 2.24) is 5.43 Å². The zero-order valence-electron chi connectivity index (χ0n) is 7.37. The fourth-order valence-corrected chi connectivity index (χ4v) is 1.01. The maximum atomic E-state index is 9.78. The molecule has 0 aromatic carbocycles. The lowest BCUT2D eigenvalue weighted by Crippen LogP contribution is -2.06. The summed E-state index contributed by atoms with van der Waals surface area (Å²) in [5.41, 5.74) is 2.24. The Hall–Kier alpha value is -0.860. The molecular weight excluding hydrogens is 140 g/mol. The van der Waals surface area contributed by atoms with Gasteiger partial charge in [0.15, 0.2) is 0 Å². The number of hydrogen-bond donors (Lipinski definition) is 1. The van der Waals surface area contributed by atoms with Crippen molar-refractivity contribution < 1.29 is 4.79 Å². The summed E-state index contributed by atoms with van der Waals surface area (Å²) in [6.07, 6.45) is 3.43. The van der Waals surface area contributed by atoms with Gasteiger partial charge in [0.2, 0.25) is 6.41 Å². The Balaban J connectivity index is 3.50. The molecule has 3 heteroatoms. The van der Waals surface area contributed by atoms with Gasteiger partial charge in [-0.15, -0.1) is 0 Å². The van der Waals surface area contributed by atoms with Crippen LogP contribution in [-0.4, -0.2) is 12.6 Å². The normalized spacial score (nSPS) is 13.8. The van der Waals surface area contributed by atoms with Gasteiger partial charge in [0, 0.05) is 6.21 Å². The number of amides is 1. The van der Waals surface area contributed by atoms with E-state index in [1.165, 1.54) is 0 Å². The van der Waals surface area contributed by atoms with E-state index >= 15 is 0 Å². The van der Waals surface area contributed by atoms with Crippen LogP contribution >= 0.6 is 0 Å². The fourth-order valence-electron chi connectivity index (χ4n) is 1.01. The highest BCUT2D eigenvalue weighted by Gasteiger charge is 2.00. The highest BCUT2D eigenvalue weighted by atomic mass is 16.1. The van der Waals surface area contributed by atoms with Crippen molar-refractivity contribution in [3.8, 4) is 0 Å². The molecule has 1 atom stereocenters. The van der Waals surface area contributed by atoms with Crippen LogP contribution in [0.4, 0.5) is 0 Å². The minimum atomic E-state index is 0.433. The average molecular weight is 156 g/mol. The van der Waals surface area contributed by atoms with Crippen molar-refractivity contribution in [3.05, 3.63) is 0 Å². The second kappa shape index (κ2) is 5.89. The summed E-state index contributed by atoms with van der Waals surface area (Å²) >= 11 is 0. The number of rotatable bonds is 5. The van der Waals surface area contributed by atoms with E-state index in [0.29, 0.717) is 18.2 Å². The van der Waals surface area contributed by atoms with Crippen molar-refractivity contribution in [3.63, 3.8) is 0 Å². The minimum absolute atomic E-state index is 0.433. The van der Waals surface area contributed by atoms with Crippen LogP contribution in [0, 0.1) is 11.8 Å². The minimum Gasteiger partial charge on any atom is -0.277 e. The zero-order valence-corrected chi connectivity index (χ0v) is 7.37. The zero-order chi connectivity index (χ0) is 8.69. The van der Waals surface area contributed by atoms with Crippen molar-refractivity contribution in [2.75, 3.05) is 0 Å². The summed E-state index contributed by atoms with van der Waals surface area (Å²) in [5.74, 6) is 1.11. The molecule has 0 heterocycles. The Morgan fingerprint density at radius 2 is 2.09 bits per heavy atom. The number of carbonyl (C=O) groups is 1. The van der Waals surface area contributed by atoms with E-state index in [1.807, 2.05) is 0 Å². The number of carbonyl (C=O) groups excluding carboxylic acids is 1. The van der Waals surface area contributed by atoms with Crippen LogP contribution in [0.15, 0.2) is 5.10 Å². The molecule has 3 nitrogen and oxygen atoms in total. The SMILES string of the molecule is CC(C)CC(C)/C=N/NC=O. The van der Waals surface area contributed by atoms with Crippen LogP contribution in [0.3, 0.4) is 0 Å². The molecule has 0 aliphatic rings. The first-order valence-electron chi connectivity index (χ1n) is 3.89. The predicted molar refractivity (Wildman–Crippen MR) is 46.3 cm³/mol. The second-order valence-electron chi connectivity index (χ2n) is 3.13. The smallest absolute Gasteiger partial charge is 0.227 e. The van der Waals surface area contributed by atoms with Crippen LogP contribution in [0.5, 0.6) is 0 Å². The lowest BCUT2D eigenvalue weighted by molar-refractivity contribution is -0.109. The Labute approximate surface area is 67.9 Å². The first-order chi connectivity index (χ1) is 5.16. The average Bonchev–Trinajstić information content (AvgIpc) is 1.86. The second-order valence-corrected chi connectivity index (χ2v) is 3.13. The number of hydrogen-bond acceptors (Lipinski definition) is 2. The van der Waals surface area contributed by atoms with E-state index in [-0.39, 0.29) is 0 Å². The molecule has 64 valence electrons. The molecule has 1 N–H and O–H groups in total. The van der Waals surface area contributed by atoms with Crippen molar-refractivity contribution in [1.29, 1.82) is 0 Å². The van der Waals surface area contributed by atoms with Crippen LogP contribution in [0.25, 0.3) is 0 Å². The first-order valence-corrected chi connectivity index (χ1v) is 3.89. The van der Waals surface area contributed by atoms with Crippen LogP contribution in [0.2, 0.25) is 0 Å². The molecular formula is C8H16N2O. The first kappa shape index (κ1) is 10.1. The van der Waals surface area contributed by atoms with Crippen molar-refractivity contribution >= 4 is 12.6 Å². The Kier molecular flexibility index (Phi) is 5.43. The van der Waals surface area contributed by atoms with Crippen molar-refractivity contribution in [2.45, 2.75) is 27.2 Å². The quantitative estimate of drug-likeness (QED) is 0.365. The lowest BCUT2D eigenvalue weighted by atomic mass is 10.0. The maximum absolute atomic E-state index is 9.78. The highest BCUT2D eigenvalue weighted by molar-refractivity contribution is 5.61. The molecule has 0 aliphatic heterocycles. The van der Waals surface area contributed by atoms with Gasteiger partial charge >= 0.3 is 0 Å². The topological polar surface area (TPSA) is 41.5 Å². The van der Waals surface area contributed by atoms with Gasteiger partial charge in [-0.25, -0.2) is 0 Å². The summed E-state index contributed by atoms with van der Waals surface area (Å²) in [7, 11) is 0. The summed E-state index contributed by atoms with van der Waals surface area (Å²) in [4.78, 5) is 9.78. The van der Waals surface area contributed by atoms with Gasteiger partial charge in [-0.3, -0.25) is 10.2 Å². The van der Waals surface area contributed by atoms with Crippen LogP contribution < -0.4 is 5.43 Å². The molecule has 0 radical (unpaired) electrons. The summed E-state index contributed by atoms with van der Waals surface area (Å²) in [6, 6.07) is 0. The molecule has 11 heavy (non-hydrogen) atoms. The summed E-state index contributed by atoms with van der Waals surface area (Å²) in [6.45, 7) is 6.41. The highest BCUT2D eigenvalue weighted by Crippen LogP contribution is 2.07. The monoisotopic (exact) mass is 156 g/mol. The Bertz CT molecular complexity index is 132. The van der Waals surface area contributed by atoms with Crippen LogP contribution in [0.1, 0.15) is 27.2 Å². The lowest BCUT2D eigenvalue weighted by Gasteiger charge is -2.07. The van der Waals surface area contributed by atoms with Crippen molar-refractivity contribution in [2.24, 2.45) is 16.9 Å². The van der Waals surface area contributed by atoms with Gasteiger partial charge in [-0.05, 0) is 18.3 Å². The van der Waals surface area contributed by atoms with Gasteiger partial charge in [-0.1, -0.05) is 20.8 Å². The van der Waals surface area contributed by atoms with Gasteiger partial charge in [0.05, 0.1) is 0 Å². The number of nitrogens with one attached hydrogen (secondary N) is 1. The molecule has 1 unspecified atom stereocenters. The maximum Gasteiger partial charge on any atom is 0.227 e. The third kappa shape index (κ3) is 7.03. The molecule has 0 aliphatic carbocycles. The molecule has 0 bridgehead atoms. The Morgan fingerprint density at radius 1 is 1.45 bits per heavy atom. The Morgan fingerprint density at radius 3 is 2.55 bits per heavy atom. The molecule has 0 saturated heterocycles. The molecule has 0 rings (SSSR count). The van der Waals surface area contributed by atoms with Gasteiger partial charge < -0.3 is 0 Å². The molecule has 0 fully saturated rings. The molecule has 0 aromatic rings. The predicted octanol–water partition coefficient (Wildman–Crippen LogP) is 1.40. The van der Waals surface area contributed by atoms with Gasteiger partial charge in [0.1, 0.15) is 0 Å². The molecule has 0 saturated carbocycles. The van der Waals surface area contributed by atoms with Gasteiger partial charge in [-0.2, -0.15) is 5.10 Å². The molecule has 1 amide bonds. The van der Waals surface area contributed by atoms with E-state index in [2.05, 4.69) is 31.3 Å². The number of nitrogens with zero attached hydrogens (tertiary/aromatic N) is 1. The van der Waals surface area contributed by atoms with E-state index < -0.39 is 0 Å². The van der Waals surface area contributed by atoms with E-state index in [0.717, 1.165) is 6.42 Å². The number of hydrazone groups is 1. The molecule has 0 aromatic heterocycles. The fraction of sp³-hybridized carbons (Fsp3) is 0.750. The largest absolute Gasteiger partial charge is 0.277 e. The van der Waals surface area contributed by atoms with E-state index in [1.54, 1.807) is 6.21 Å². The van der Waals surface area contributed by atoms with Crippen LogP contribution in [-0.2, 0) is 4.79 Å². The van der Waals surface area contributed by atoms with E-state index in [4.69, 9.17) is 0 Å². The summed E-state index contributed by atoms with van der Waals surface area (Å²) < 4.78 is 0. The summed E-state index contributed by atoms with van der Waals surface area (Å²) in [5, 5.41) is 3.70. The molecule has 0 spiro atoms.